The molecule has 0 spiro atoms. The van der Waals surface area contributed by atoms with Crippen molar-refractivity contribution in [3.8, 4) is 11.3 Å². The van der Waals surface area contributed by atoms with E-state index in [1.54, 1.807) is 0 Å². The number of amides is 1. The van der Waals surface area contributed by atoms with E-state index in [1.807, 2.05) is 36.4 Å². The van der Waals surface area contributed by atoms with E-state index >= 15 is 0 Å². The van der Waals surface area contributed by atoms with Gasteiger partial charge in [-0.05, 0) is 62.8 Å². The highest BCUT2D eigenvalue weighted by atomic mass is 32.1. The van der Waals surface area contributed by atoms with Crippen LogP contribution in [0.15, 0.2) is 49.3 Å². The number of aromatic nitrogens is 7. The van der Waals surface area contributed by atoms with Crippen molar-refractivity contribution in [2.24, 2.45) is 5.92 Å². The van der Waals surface area contributed by atoms with Gasteiger partial charge in [0, 0.05) is 43.8 Å². The number of aryl methyl sites for hydroxylation is 2. The quantitative estimate of drug-likeness (QED) is 0.244. The van der Waals surface area contributed by atoms with Crippen LogP contribution in [0.1, 0.15) is 38.1 Å². The molecule has 11 nitrogen and oxygen atoms in total. The summed E-state index contributed by atoms with van der Waals surface area (Å²) in [5.74, 6) is 0.986. The molecule has 6 rings (SSSR count). The molecular formula is C28H33FN10OS. The molecule has 1 amide bonds. The van der Waals surface area contributed by atoms with Crippen molar-refractivity contribution in [1.29, 1.82) is 0 Å². The predicted octanol–water partition coefficient (Wildman–Crippen LogP) is 5.14. The molecule has 214 valence electrons. The smallest absolute Gasteiger partial charge is 0.211 e. The predicted molar refractivity (Wildman–Crippen MR) is 158 cm³/mol. The van der Waals surface area contributed by atoms with Crippen LogP contribution in [0.3, 0.4) is 0 Å². The minimum Gasteiger partial charge on any atom is -0.328 e. The number of nitrogens with one attached hydrogen (secondary N) is 2. The van der Waals surface area contributed by atoms with E-state index in [0.29, 0.717) is 6.41 Å². The van der Waals surface area contributed by atoms with Gasteiger partial charge in [0.05, 0.1) is 41.4 Å². The van der Waals surface area contributed by atoms with E-state index in [9.17, 15) is 9.18 Å². The summed E-state index contributed by atoms with van der Waals surface area (Å²) in [7, 11) is 0. The van der Waals surface area contributed by atoms with Crippen molar-refractivity contribution in [2.45, 2.75) is 46.7 Å². The number of pyridine rings is 1. The molecule has 2 N–H and O–H groups in total. The van der Waals surface area contributed by atoms with E-state index in [-0.39, 0.29) is 5.69 Å². The third-order valence-corrected chi connectivity index (χ3v) is 7.52. The molecule has 0 saturated carbocycles. The molecule has 0 aliphatic carbocycles. The van der Waals surface area contributed by atoms with Crippen molar-refractivity contribution >= 4 is 40.1 Å². The summed E-state index contributed by atoms with van der Waals surface area (Å²) in [5, 5.41) is 11.0. The Balaban J connectivity index is 0.000000287. The van der Waals surface area contributed by atoms with Crippen LogP contribution in [0.4, 0.5) is 20.9 Å². The number of piperidine rings is 1. The molecule has 13 heteroatoms. The minimum absolute atomic E-state index is 0.144. The number of fused-ring (bicyclic) bond motifs is 1. The van der Waals surface area contributed by atoms with E-state index in [1.165, 1.54) is 36.6 Å². The van der Waals surface area contributed by atoms with E-state index in [4.69, 9.17) is 4.98 Å². The first-order chi connectivity index (χ1) is 19.9. The normalized spacial score (nSPS) is 15.4. The van der Waals surface area contributed by atoms with Crippen molar-refractivity contribution in [1.82, 2.24) is 38.4 Å². The van der Waals surface area contributed by atoms with Crippen LogP contribution in [-0.2, 0) is 17.9 Å². The van der Waals surface area contributed by atoms with Crippen molar-refractivity contribution in [3.63, 3.8) is 0 Å². The maximum Gasteiger partial charge on any atom is 0.211 e. The highest BCUT2D eigenvalue weighted by Crippen LogP contribution is 2.28. The Morgan fingerprint density at radius 2 is 2.12 bits per heavy atom. The van der Waals surface area contributed by atoms with Gasteiger partial charge < -0.3 is 10.6 Å². The summed E-state index contributed by atoms with van der Waals surface area (Å²) >= 11 is 1.48. The van der Waals surface area contributed by atoms with Crippen molar-refractivity contribution in [3.05, 3.63) is 66.5 Å². The van der Waals surface area contributed by atoms with E-state index in [0.717, 1.165) is 77.4 Å². The summed E-state index contributed by atoms with van der Waals surface area (Å²) in [4.78, 5) is 25.2. The third-order valence-electron chi connectivity index (χ3n) is 6.78. The molecular weight excluding hydrogens is 543 g/mol. The van der Waals surface area contributed by atoms with Gasteiger partial charge in [-0.1, -0.05) is 6.92 Å². The molecule has 1 saturated heterocycles. The number of carbonyl (C=O) groups excluding carboxylic acids is 1. The molecule has 1 unspecified atom stereocenters. The summed E-state index contributed by atoms with van der Waals surface area (Å²) in [6.45, 7) is 10.5. The Morgan fingerprint density at radius 3 is 2.88 bits per heavy atom. The topological polar surface area (TPSA) is 118 Å². The number of likely N-dealkylation sites (tertiary alicyclic amines) is 1. The van der Waals surface area contributed by atoms with E-state index in [2.05, 4.69) is 59.3 Å². The summed E-state index contributed by atoms with van der Waals surface area (Å²) in [5.41, 5.74) is 5.02. The zero-order valence-corrected chi connectivity index (χ0v) is 24.1. The Bertz CT molecular complexity index is 1610. The van der Waals surface area contributed by atoms with Gasteiger partial charge in [-0.25, -0.2) is 14.4 Å². The van der Waals surface area contributed by atoms with Gasteiger partial charge in [0.2, 0.25) is 6.41 Å². The van der Waals surface area contributed by atoms with Gasteiger partial charge in [0.25, 0.3) is 0 Å². The third kappa shape index (κ3) is 6.92. The molecule has 0 bridgehead atoms. The SMILES string of the molecule is CCn1cc(-c2cnc3c(Nc4cc(CN5CCCC(C)C5)ns4)nc(C)cn23)cn1.O=CNc1ccncc1F. The summed E-state index contributed by atoms with van der Waals surface area (Å²) < 4.78 is 21.2. The van der Waals surface area contributed by atoms with Gasteiger partial charge in [0.15, 0.2) is 17.3 Å². The molecule has 1 fully saturated rings. The first-order valence-corrected chi connectivity index (χ1v) is 14.3. The van der Waals surface area contributed by atoms with Gasteiger partial charge in [-0.2, -0.15) is 9.47 Å². The minimum atomic E-state index is -0.533. The highest BCUT2D eigenvalue weighted by Gasteiger charge is 2.18. The fourth-order valence-electron chi connectivity index (χ4n) is 4.85. The zero-order valence-electron chi connectivity index (χ0n) is 23.3. The number of anilines is 3. The Morgan fingerprint density at radius 1 is 1.24 bits per heavy atom. The number of hydrogen-bond acceptors (Lipinski definition) is 9. The second-order valence-corrected chi connectivity index (χ2v) is 10.9. The molecule has 0 aromatic carbocycles. The molecule has 1 aliphatic rings. The van der Waals surface area contributed by atoms with Crippen LogP contribution in [-0.4, -0.2) is 57.9 Å². The maximum atomic E-state index is 12.5. The summed E-state index contributed by atoms with van der Waals surface area (Å²) in [6.07, 6.45) is 13.3. The van der Waals surface area contributed by atoms with Crippen LogP contribution in [0.5, 0.6) is 0 Å². The molecule has 1 atom stereocenters. The molecule has 6 heterocycles. The van der Waals surface area contributed by atoms with E-state index < -0.39 is 5.82 Å². The summed E-state index contributed by atoms with van der Waals surface area (Å²) in [6, 6.07) is 3.52. The lowest BCUT2D eigenvalue weighted by molar-refractivity contribution is -0.105. The zero-order chi connectivity index (χ0) is 28.8. The van der Waals surface area contributed by atoms with Crippen LogP contribution in [0.25, 0.3) is 16.9 Å². The number of carbonyl (C=O) groups is 1. The average molecular weight is 577 g/mol. The molecule has 5 aromatic rings. The van der Waals surface area contributed by atoms with Gasteiger partial charge >= 0.3 is 0 Å². The fourth-order valence-corrected chi connectivity index (χ4v) is 5.51. The number of nitrogens with zero attached hydrogens (tertiary/aromatic N) is 8. The maximum absolute atomic E-state index is 12.5. The number of hydrogen-bond donors (Lipinski definition) is 2. The first-order valence-electron chi connectivity index (χ1n) is 13.6. The Labute approximate surface area is 241 Å². The average Bonchev–Trinajstić information content (AvgIpc) is 3.70. The first kappa shape index (κ1) is 28.3. The van der Waals surface area contributed by atoms with Gasteiger partial charge in [-0.3, -0.25) is 23.8 Å². The molecule has 5 aromatic heterocycles. The van der Waals surface area contributed by atoms with Gasteiger partial charge in [-0.15, -0.1) is 0 Å². The Hall–Kier alpha value is -4.23. The number of rotatable bonds is 8. The monoisotopic (exact) mass is 576 g/mol. The van der Waals surface area contributed by atoms with Crippen LogP contribution in [0, 0.1) is 18.7 Å². The lowest BCUT2D eigenvalue weighted by atomic mass is 10.0. The second kappa shape index (κ2) is 13.0. The van der Waals surface area contributed by atoms with Crippen LogP contribution < -0.4 is 10.6 Å². The van der Waals surface area contributed by atoms with Crippen LogP contribution in [0.2, 0.25) is 0 Å². The molecule has 1 aliphatic heterocycles. The molecule has 0 radical (unpaired) electrons. The van der Waals surface area contributed by atoms with Crippen LogP contribution >= 0.6 is 11.5 Å². The standard InChI is InChI=1S/C22H28N8S.C6H5FN2O/c1-4-29-13-17(9-24-29)19-10-23-22-21(25-16(3)12-30(19)22)26-20-8-18(27-31-20)14-28-7-5-6-15(2)11-28;7-5-3-8-2-1-6(5)9-4-10/h8-10,12-13,15H,4-7,11,14H2,1-3H3,(H,25,26);1-4H,(H,8,9,10). The molecule has 41 heavy (non-hydrogen) atoms. The van der Waals surface area contributed by atoms with Gasteiger partial charge in [0.1, 0.15) is 5.00 Å². The highest BCUT2D eigenvalue weighted by molar-refractivity contribution is 7.10. The van der Waals surface area contributed by atoms with Crippen molar-refractivity contribution in [2.75, 3.05) is 23.7 Å². The number of halogens is 1. The number of imidazole rings is 1. The Kier molecular flexibility index (Phi) is 8.95. The lowest BCUT2D eigenvalue weighted by Crippen LogP contribution is -2.33. The fraction of sp³-hybridized carbons (Fsp3) is 0.357. The lowest BCUT2D eigenvalue weighted by Gasteiger charge is -2.30. The second-order valence-electron chi connectivity index (χ2n) is 10.1. The largest absolute Gasteiger partial charge is 0.328 e. The van der Waals surface area contributed by atoms with Crippen molar-refractivity contribution < 1.29 is 9.18 Å².